The summed E-state index contributed by atoms with van der Waals surface area (Å²) in [6.45, 7) is 5.81. The first kappa shape index (κ1) is 10.6. The summed E-state index contributed by atoms with van der Waals surface area (Å²) in [6, 6.07) is 6.97. The average Bonchev–Trinajstić information content (AvgIpc) is 2.22. The van der Waals surface area contributed by atoms with E-state index in [1.165, 1.54) is 32.2 Å². The molecule has 0 bridgehead atoms. The third-order valence-corrected chi connectivity index (χ3v) is 3.15. The number of hydrogen-bond donors (Lipinski definition) is 2. The van der Waals surface area contributed by atoms with Gasteiger partial charge in [0.25, 0.3) is 0 Å². The molecule has 3 heteroatoms. The van der Waals surface area contributed by atoms with Gasteiger partial charge in [0.15, 0.2) is 0 Å². The second-order valence-corrected chi connectivity index (χ2v) is 4.51. The van der Waals surface area contributed by atoms with Gasteiger partial charge in [-0.2, -0.15) is 0 Å². The zero-order valence-corrected chi connectivity index (χ0v) is 9.22. The molecule has 2 N–H and O–H groups in total. The summed E-state index contributed by atoms with van der Waals surface area (Å²) >= 11 is 0. The van der Waals surface area contributed by atoms with E-state index in [2.05, 4.69) is 7.05 Å². The Kier molecular flexibility index (Phi) is 3.34. The molecule has 1 aromatic rings. The zero-order chi connectivity index (χ0) is 10.7. The van der Waals surface area contributed by atoms with E-state index in [0.29, 0.717) is 0 Å². The maximum atomic E-state index is 13.0. The summed E-state index contributed by atoms with van der Waals surface area (Å²) in [5.41, 5.74) is 1.12. The minimum atomic E-state index is -0.119. The van der Waals surface area contributed by atoms with Gasteiger partial charge in [-0.05, 0) is 12.1 Å². The molecule has 0 amide bonds. The summed E-state index contributed by atoms with van der Waals surface area (Å²) in [5, 5.41) is 0. The van der Waals surface area contributed by atoms with Crippen molar-refractivity contribution in [1.29, 1.82) is 0 Å². The van der Waals surface area contributed by atoms with Gasteiger partial charge in [-0.3, -0.25) is 0 Å². The van der Waals surface area contributed by atoms with Crippen molar-refractivity contribution in [2.24, 2.45) is 0 Å². The number of piperazine rings is 1. The average molecular weight is 210 g/mol. The van der Waals surface area contributed by atoms with Crippen molar-refractivity contribution in [3.63, 3.8) is 0 Å². The third kappa shape index (κ3) is 3.01. The Morgan fingerprint density at radius 1 is 1.20 bits per heavy atom. The highest BCUT2D eigenvalue weighted by Gasteiger charge is 2.19. The quantitative estimate of drug-likeness (QED) is 0.603. The SMILES string of the molecule is C[NH+]1CC[NH+](Cc2cccc(F)c2)CC1. The molecule has 2 rings (SSSR count). The highest BCUT2D eigenvalue weighted by Crippen LogP contribution is 2.01. The Labute approximate surface area is 90.3 Å². The van der Waals surface area contributed by atoms with Gasteiger partial charge < -0.3 is 9.80 Å². The topological polar surface area (TPSA) is 8.88 Å². The van der Waals surface area contributed by atoms with E-state index in [9.17, 15) is 4.39 Å². The molecule has 1 aliphatic heterocycles. The molecule has 0 radical (unpaired) electrons. The van der Waals surface area contributed by atoms with Gasteiger partial charge in [0.05, 0.1) is 7.05 Å². The van der Waals surface area contributed by atoms with Crippen molar-refractivity contribution in [1.82, 2.24) is 0 Å². The fourth-order valence-electron chi connectivity index (χ4n) is 2.14. The van der Waals surface area contributed by atoms with Crippen molar-refractivity contribution in [2.75, 3.05) is 33.2 Å². The van der Waals surface area contributed by atoms with Crippen LogP contribution in [0.25, 0.3) is 0 Å². The summed E-state index contributed by atoms with van der Waals surface area (Å²) in [4.78, 5) is 3.18. The van der Waals surface area contributed by atoms with Crippen molar-refractivity contribution in [2.45, 2.75) is 6.54 Å². The van der Waals surface area contributed by atoms with Gasteiger partial charge >= 0.3 is 0 Å². The number of halogens is 1. The maximum absolute atomic E-state index is 13.0. The van der Waals surface area contributed by atoms with Crippen LogP contribution < -0.4 is 9.80 Å². The van der Waals surface area contributed by atoms with E-state index >= 15 is 0 Å². The zero-order valence-electron chi connectivity index (χ0n) is 9.22. The normalized spacial score (nSPS) is 26.5. The van der Waals surface area contributed by atoms with Crippen LogP contribution in [0.2, 0.25) is 0 Å². The Balaban J connectivity index is 1.92. The lowest BCUT2D eigenvalue weighted by Crippen LogP contribution is -3.26. The van der Waals surface area contributed by atoms with Crippen LogP contribution in [0, 0.1) is 5.82 Å². The number of benzene rings is 1. The van der Waals surface area contributed by atoms with Crippen molar-refractivity contribution < 1.29 is 14.2 Å². The summed E-state index contributed by atoms with van der Waals surface area (Å²) in [6.07, 6.45) is 0. The number of quaternary nitrogens is 2. The van der Waals surface area contributed by atoms with E-state index in [1.54, 1.807) is 21.9 Å². The molecule has 1 aromatic carbocycles. The maximum Gasteiger partial charge on any atom is 0.127 e. The van der Waals surface area contributed by atoms with E-state index < -0.39 is 0 Å². The second-order valence-electron chi connectivity index (χ2n) is 4.51. The first-order valence-electron chi connectivity index (χ1n) is 5.63. The number of nitrogens with one attached hydrogen (secondary N) is 2. The largest absolute Gasteiger partial charge is 0.328 e. The number of hydrogen-bond acceptors (Lipinski definition) is 0. The molecule has 15 heavy (non-hydrogen) atoms. The van der Waals surface area contributed by atoms with E-state index in [4.69, 9.17) is 0 Å². The Bertz CT molecular complexity index is 319. The second kappa shape index (κ2) is 4.73. The standard InChI is InChI=1S/C12H17FN2/c1-14-5-7-15(8-6-14)10-11-3-2-4-12(13)9-11/h2-4,9H,5-8,10H2,1H3/p+2. The van der Waals surface area contributed by atoms with Gasteiger partial charge in [0.1, 0.15) is 38.5 Å². The Morgan fingerprint density at radius 3 is 2.60 bits per heavy atom. The van der Waals surface area contributed by atoms with Gasteiger partial charge in [-0.25, -0.2) is 4.39 Å². The molecule has 0 spiro atoms. The first-order chi connectivity index (χ1) is 7.24. The van der Waals surface area contributed by atoms with Crippen LogP contribution in [0.3, 0.4) is 0 Å². The third-order valence-electron chi connectivity index (χ3n) is 3.15. The van der Waals surface area contributed by atoms with Crippen LogP contribution in [0.5, 0.6) is 0 Å². The van der Waals surface area contributed by atoms with Crippen LogP contribution in [0.4, 0.5) is 4.39 Å². The molecule has 82 valence electrons. The predicted octanol–water partition coefficient (Wildman–Crippen LogP) is -1.26. The summed E-state index contributed by atoms with van der Waals surface area (Å²) in [7, 11) is 2.24. The fraction of sp³-hybridized carbons (Fsp3) is 0.500. The molecule has 0 saturated carbocycles. The van der Waals surface area contributed by atoms with Crippen molar-refractivity contribution in [3.8, 4) is 0 Å². The highest BCUT2D eigenvalue weighted by molar-refractivity contribution is 5.14. The molecule has 0 unspecified atom stereocenters. The minimum Gasteiger partial charge on any atom is -0.328 e. The molecule has 2 nitrogen and oxygen atoms in total. The van der Waals surface area contributed by atoms with Crippen molar-refractivity contribution >= 4 is 0 Å². The molecule has 1 saturated heterocycles. The monoisotopic (exact) mass is 210 g/mol. The lowest BCUT2D eigenvalue weighted by Gasteiger charge is -2.27. The predicted molar refractivity (Wildman–Crippen MR) is 57.4 cm³/mol. The lowest BCUT2D eigenvalue weighted by atomic mass is 10.2. The van der Waals surface area contributed by atoms with Crippen LogP contribution in [0.1, 0.15) is 5.56 Å². The molecular formula is C12H19FN2+2. The summed E-state index contributed by atoms with van der Waals surface area (Å²) < 4.78 is 13.0. The lowest BCUT2D eigenvalue weighted by molar-refractivity contribution is -1.01. The van der Waals surface area contributed by atoms with Crippen LogP contribution in [-0.4, -0.2) is 33.2 Å². The van der Waals surface area contributed by atoms with E-state index in [1.807, 2.05) is 6.07 Å². The Morgan fingerprint density at radius 2 is 1.93 bits per heavy atom. The fourth-order valence-corrected chi connectivity index (χ4v) is 2.14. The molecule has 0 atom stereocenters. The van der Waals surface area contributed by atoms with E-state index in [0.717, 1.165) is 12.1 Å². The van der Waals surface area contributed by atoms with Crippen molar-refractivity contribution in [3.05, 3.63) is 35.6 Å². The molecule has 0 aromatic heterocycles. The van der Waals surface area contributed by atoms with Crippen LogP contribution in [0.15, 0.2) is 24.3 Å². The van der Waals surface area contributed by atoms with Crippen LogP contribution in [-0.2, 0) is 6.54 Å². The highest BCUT2D eigenvalue weighted by atomic mass is 19.1. The first-order valence-corrected chi connectivity index (χ1v) is 5.63. The molecule has 1 fully saturated rings. The number of likely N-dealkylation sites (N-methyl/N-ethyl adjacent to an activating group) is 1. The van der Waals surface area contributed by atoms with Gasteiger partial charge in [-0.15, -0.1) is 0 Å². The molecule has 1 aliphatic rings. The van der Waals surface area contributed by atoms with Gasteiger partial charge in [-0.1, -0.05) is 12.1 Å². The smallest absolute Gasteiger partial charge is 0.127 e. The van der Waals surface area contributed by atoms with Crippen LogP contribution >= 0.6 is 0 Å². The molecular weight excluding hydrogens is 191 g/mol. The number of rotatable bonds is 2. The summed E-state index contributed by atoms with van der Waals surface area (Å²) in [5.74, 6) is -0.119. The van der Waals surface area contributed by atoms with Gasteiger partial charge in [0.2, 0.25) is 0 Å². The Hall–Kier alpha value is -0.930. The molecule has 1 heterocycles. The molecule has 0 aliphatic carbocycles. The minimum absolute atomic E-state index is 0.119. The van der Waals surface area contributed by atoms with Gasteiger partial charge in [0, 0.05) is 5.56 Å². The van der Waals surface area contributed by atoms with E-state index in [-0.39, 0.29) is 5.82 Å².